The molecule has 0 fully saturated rings. The molecule has 0 aliphatic heterocycles. The molecule has 0 rings (SSSR count). The van der Waals surface area contributed by atoms with E-state index in [4.69, 9.17) is 0 Å². The molecule has 0 bridgehead atoms. The van der Waals surface area contributed by atoms with Crippen molar-refractivity contribution in [2.24, 2.45) is 0 Å². The molecular weight excluding hydrogens is 458 g/mol. The summed E-state index contributed by atoms with van der Waals surface area (Å²) in [6, 6.07) is 0. The monoisotopic (exact) mass is 461 g/mol. The van der Waals surface area contributed by atoms with Crippen molar-refractivity contribution in [1.29, 1.82) is 0 Å². The summed E-state index contributed by atoms with van der Waals surface area (Å²) >= 11 is 0. The molecule has 0 spiro atoms. The summed E-state index contributed by atoms with van der Waals surface area (Å²) < 4.78 is 210. The third-order valence-electron chi connectivity index (χ3n) is 2.72. The van der Waals surface area contributed by atoms with Gasteiger partial charge in [0.25, 0.3) is 0 Å². The number of halogens is 14. The maximum absolute atomic E-state index is 13.1. The lowest BCUT2D eigenvalue weighted by molar-refractivity contribution is -0.433. The van der Waals surface area contributed by atoms with Crippen molar-refractivity contribution < 1.29 is 78.6 Å². The number of hydrogen-bond acceptors (Lipinski definition) is 4. The molecule has 164 valence electrons. The molecule has 0 heterocycles. The SMILES string of the molecule is O=S(=O)([O-])OCC(F)(F)C(F)(F)C(F)(F)C(F)(F)C(F)(F)C(F)(F)C(F)F. The van der Waals surface area contributed by atoms with Crippen molar-refractivity contribution in [3.8, 4) is 0 Å². The summed E-state index contributed by atoms with van der Waals surface area (Å²) in [5.74, 6) is -46.4. The van der Waals surface area contributed by atoms with Crippen LogP contribution in [0.4, 0.5) is 61.5 Å². The first-order valence-corrected chi connectivity index (χ1v) is 6.89. The fraction of sp³-hybridized carbons (Fsp3) is 1.00. The third kappa shape index (κ3) is 4.03. The van der Waals surface area contributed by atoms with Gasteiger partial charge in [-0.3, -0.25) is 4.18 Å². The van der Waals surface area contributed by atoms with Crippen LogP contribution >= 0.6 is 0 Å². The van der Waals surface area contributed by atoms with Gasteiger partial charge in [-0.05, 0) is 0 Å². The highest BCUT2D eigenvalue weighted by molar-refractivity contribution is 7.80. The van der Waals surface area contributed by atoms with Gasteiger partial charge in [0.15, 0.2) is 0 Å². The molecule has 0 saturated carbocycles. The Morgan fingerprint density at radius 3 is 1.33 bits per heavy atom. The van der Waals surface area contributed by atoms with Crippen LogP contribution in [0.15, 0.2) is 0 Å². The second-order valence-corrected chi connectivity index (χ2v) is 5.65. The first kappa shape index (κ1) is 25.9. The van der Waals surface area contributed by atoms with E-state index in [-0.39, 0.29) is 0 Å². The fourth-order valence-corrected chi connectivity index (χ4v) is 1.50. The Balaban J connectivity index is 6.27. The summed E-state index contributed by atoms with van der Waals surface area (Å²) in [5.41, 5.74) is 0. The maximum atomic E-state index is 13.1. The standard InChI is InChI=1S/C8H4F14O4S/c9-2(10)4(13,14)6(17,18)8(21,22)7(19,20)5(15,16)3(11,12)1-26-27(23,24)25/h2H,1H2,(H,23,24,25)/p-1. The second-order valence-electron chi connectivity index (χ2n) is 4.60. The highest BCUT2D eigenvalue weighted by Gasteiger charge is 2.91. The smallest absolute Gasteiger partial charge is 0.384 e. The van der Waals surface area contributed by atoms with Crippen molar-refractivity contribution in [2.75, 3.05) is 6.61 Å². The average Bonchev–Trinajstić information content (AvgIpc) is 2.43. The van der Waals surface area contributed by atoms with Crippen LogP contribution in [0.1, 0.15) is 0 Å². The minimum Gasteiger partial charge on any atom is -0.726 e. The van der Waals surface area contributed by atoms with Crippen LogP contribution in [0.25, 0.3) is 0 Å². The Labute approximate surface area is 139 Å². The molecule has 0 aliphatic rings. The Kier molecular flexibility index (Phi) is 6.47. The largest absolute Gasteiger partial charge is 0.726 e. The van der Waals surface area contributed by atoms with Crippen LogP contribution in [0.2, 0.25) is 0 Å². The van der Waals surface area contributed by atoms with Gasteiger partial charge in [0.1, 0.15) is 6.61 Å². The molecule has 0 aromatic rings. The summed E-state index contributed by atoms with van der Waals surface area (Å²) in [6.07, 6.45) is -5.82. The van der Waals surface area contributed by atoms with Crippen molar-refractivity contribution in [1.82, 2.24) is 0 Å². The summed E-state index contributed by atoms with van der Waals surface area (Å²) in [5, 5.41) is 0. The van der Waals surface area contributed by atoms with Crippen LogP contribution in [0.3, 0.4) is 0 Å². The van der Waals surface area contributed by atoms with Gasteiger partial charge in [0, 0.05) is 0 Å². The van der Waals surface area contributed by atoms with E-state index in [1.165, 1.54) is 0 Å². The van der Waals surface area contributed by atoms with Crippen LogP contribution in [0, 0.1) is 0 Å². The predicted molar refractivity (Wildman–Crippen MR) is 51.3 cm³/mol. The number of alkyl halides is 14. The van der Waals surface area contributed by atoms with Gasteiger partial charge in [-0.15, -0.1) is 0 Å². The molecule has 27 heavy (non-hydrogen) atoms. The van der Waals surface area contributed by atoms with E-state index in [2.05, 4.69) is 4.18 Å². The molecular formula is C8H3F14O4S-. The van der Waals surface area contributed by atoms with Crippen molar-refractivity contribution in [3.05, 3.63) is 0 Å². The molecule has 0 aromatic heterocycles. The zero-order valence-corrected chi connectivity index (χ0v) is 12.4. The van der Waals surface area contributed by atoms with E-state index >= 15 is 0 Å². The van der Waals surface area contributed by atoms with Crippen molar-refractivity contribution in [2.45, 2.75) is 42.0 Å². The number of hydrogen-bond donors (Lipinski definition) is 0. The van der Waals surface area contributed by atoms with Gasteiger partial charge in [-0.25, -0.2) is 17.2 Å². The van der Waals surface area contributed by atoms with Gasteiger partial charge in [0.2, 0.25) is 10.4 Å². The van der Waals surface area contributed by atoms with Crippen molar-refractivity contribution in [3.63, 3.8) is 0 Å². The Morgan fingerprint density at radius 1 is 0.704 bits per heavy atom. The van der Waals surface area contributed by atoms with E-state index in [0.29, 0.717) is 0 Å². The van der Waals surface area contributed by atoms with Gasteiger partial charge < -0.3 is 4.55 Å². The average molecular weight is 461 g/mol. The van der Waals surface area contributed by atoms with Crippen molar-refractivity contribution >= 4 is 10.4 Å². The molecule has 0 aliphatic carbocycles. The molecule has 4 nitrogen and oxygen atoms in total. The first-order valence-electron chi connectivity index (χ1n) is 5.55. The molecule has 0 N–H and O–H groups in total. The van der Waals surface area contributed by atoms with E-state index < -0.39 is 59.0 Å². The minimum atomic E-state index is -8.23. The van der Waals surface area contributed by atoms with Gasteiger partial charge in [-0.1, -0.05) is 0 Å². The quantitative estimate of drug-likeness (QED) is 0.300. The zero-order valence-electron chi connectivity index (χ0n) is 11.6. The third-order valence-corrected chi connectivity index (χ3v) is 3.13. The van der Waals surface area contributed by atoms with E-state index in [9.17, 15) is 74.4 Å². The molecule has 0 atom stereocenters. The fourth-order valence-electron chi connectivity index (χ4n) is 1.21. The van der Waals surface area contributed by atoms with E-state index in [0.717, 1.165) is 0 Å². The lowest BCUT2D eigenvalue weighted by atomic mass is 9.91. The Hall–Kier alpha value is -1.11. The summed E-state index contributed by atoms with van der Waals surface area (Å²) in [4.78, 5) is 0. The summed E-state index contributed by atoms with van der Waals surface area (Å²) in [7, 11) is -6.32. The van der Waals surface area contributed by atoms with E-state index in [1.807, 2.05) is 0 Å². The van der Waals surface area contributed by atoms with Gasteiger partial charge in [-0.2, -0.15) is 52.7 Å². The molecule has 19 heteroatoms. The van der Waals surface area contributed by atoms with Crippen LogP contribution in [-0.2, 0) is 14.6 Å². The summed E-state index contributed by atoms with van der Waals surface area (Å²) in [6.45, 7) is -3.60. The normalized spacial score (nSPS) is 16.1. The van der Waals surface area contributed by atoms with Gasteiger partial charge >= 0.3 is 42.0 Å². The Bertz CT molecular complexity index is 642. The Morgan fingerprint density at radius 2 is 1.04 bits per heavy atom. The van der Waals surface area contributed by atoms with E-state index in [1.54, 1.807) is 0 Å². The maximum Gasteiger partial charge on any atom is 0.384 e. The first-order chi connectivity index (χ1) is 11.4. The molecule has 0 aromatic carbocycles. The second kappa shape index (κ2) is 6.75. The highest BCUT2D eigenvalue weighted by Crippen LogP contribution is 2.60. The molecule has 0 saturated heterocycles. The minimum absolute atomic E-state index is 2.43. The lowest BCUT2D eigenvalue weighted by Crippen LogP contribution is -2.72. The van der Waals surface area contributed by atoms with Crippen LogP contribution in [0.5, 0.6) is 0 Å². The highest BCUT2D eigenvalue weighted by atomic mass is 32.3. The van der Waals surface area contributed by atoms with Gasteiger partial charge in [0.05, 0.1) is 0 Å². The number of rotatable bonds is 9. The predicted octanol–water partition coefficient (Wildman–Crippen LogP) is 3.54. The zero-order chi connectivity index (χ0) is 22.5. The van der Waals surface area contributed by atoms with Crippen LogP contribution < -0.4 is 0 Å². The molecule has 0 radical (unpaired) electrons. The molecule has 0 unspecified atom stereocenters. The topological polar surface area (TPSA) is 66.4 Å². The lowest BCUT2D eigenvalue weighted by Gasteiger charge is -2.41. The van der Waals surface area contributed by atoms with Crippen LogP contribution in [-0.4, -0.2) is 61.5 Å². The molecule has 0 amide bonds.